The van der Waals surface area contributed by atoms with Gasteiger partial charge in [-0.1, -0.05) is 255 Å². The zero-order chi connectivity index (χ0) is 42.0. The van der Waals surface area contributed by atoms with E-state index in [0.717, 1.165) is 0 Å². The Balaban J connectivity index is 0.000000411. The minimum Gasteiger partial charge on any atom is -1.00 e. The summed E-state index contributed by atoms with van der Waals surface area (Å²) in [6.07, 6.45) is 24.9. The van der Waals surface area contributed by atoms with E-state index in [1.54, 1.807) is 0 Å². The Bertz CT molecular complexity index is 1940. The molecule has 0 heterocycles. The standard InChI is InChI=1S/3C16H14.C10H15.3ClH.Ti/c3*1-3-9-15(10-4-1)13-7-8-14-16-11-5-2-6-12-16;1-7-6-10(4,5)9(3)8(7)2;;;;/h3*1-14H;1-5H3;3*1H;/q;;;;;;;+3/p-3. The van der Waals surface area contributed by atoms with E-state index >= 15 is 0 Å². The monoisotopic (exact) mass is 906 g/mol. The van der Waals surface area contributed by atoms with Crippen molar-refractivity contribution in [3.8, 4) is 0 Å². The number of hydrogen-bond donors (Lipinski definition) is 0. The Morgan fingerprint density at radius 1 is 0.306 bits per heavy atom. The van der Waals surface area contributed by atoms with Gasteiger partial charge in [0.25, 0.3) is 0 Å². The van der Waals surface area contributed by atoms with Gasteiger partial charge < -0.3 is 37.2 Å². The van der Waals surface area contributed by atoms with Crippen LogP contribution in [-0.4, -0.2) is 0 Å². The average Bonchev–Trinajstić information content (AvgIpc) is 3.42. The van der Waals surface area contributed by atoms with Crippen molar-refractivity contribution < 1.29 is 57.7 Å². The van der Waals surface area contributed by atoms with Crippen LogP contribution >= 0.6 is 0 Å². The summed E-state index contributed by atoms with van der Waals surface area (Å²) in [5.74, 6) is 0. The molecule has 0 bridgehead atoms. The maximum Gasteiger partial charge on any atom is -1.00 e. The summed E-state index contributed by atoms with van der Waals surface area (Å²) in [7, 11) is 0. The second-order valence-corrected chi connectivity index (χ2v) is 15.3. The number of hydrogen-bond acceptors (Lipinski definition) is 0. The van der Waals surface area contributed by atoms with Crippen molar-refractivity contribution in [2.45, 2.75) is 34.6 Å². The predicted octanol–water partition coefficient (Wildman–Crippen LogP) is 7.44. The molecule has 6 aromatic rings. The fourth-order valence-electron chi connectivity index (χ4n) is 5.98. The van der Waals surface area contributed by atoms with Crippen LogP contribution in [0.3, 0.4) is 0 Å². The summed E-state index contributed by atoms with van der Waals surface area (Å²) < 4.78 is 1.53. The van der Waals surface area contributed by atoms with Crippen LogP contribution in [0.25, 0.3) is 36.5 Å². The summed E-state index contributed by atoms with van der Waals surface area (Å²) in [5.41, 5.74) is 12.2. The van der Waals surface area contributed by atoms with E-state index in [1.807, 2.05) is 109 Å². The first-order valence-corrected chi connectivity index (χ1v) is 21.0. The maximum atomic E-state index is 2.30. The van der Waals surface area contributed by atoms with Gasteiger partial charge in [-0.05, 0) is 33.4 Å². The molecule has 0 amide bonds. The molecule has 1 aliphatic rings. The Morgan fingerprint density at radius 2 is 0.484 bits per heavy atom. The van der Waals surface area contributed by atoms with Crippen molar-refractivity contribution in [3.63, 3.8) is 0 Å². The molecule has 0 unspecified atom stereocenters. The number of allylic oxidation sites excluding steroid dienone is 10. The first-order valence-electron chi connectivity index (χ1n) is 20.2. The molecule has 314 valence electrons. The molecule has 0 spiro atoms. The Hall–Kier alpha value is -5.18. The van der Waals surface area contributed by atoms with Gasteiger partial charge in [0.1, 0.15) is 0 Å². The van der Waals surface area contributed by atoms with Gasteiger partial charge in [-0.2, -0.15) is 0 Å². The Morgan fingerprint density at radius 3 is 0.597 bits per heavy atom. The summed E-state index contributed by atoms with van der Waals surface area (Å²) in [6.45, 7) is 11.3. The molecule has 0 nitrogen and oxygen atoms in total. The fourth-order valence-corrected chi connectivity index (χ4v) is 6.56. The molecular formula is C58H57Cl3Ti. The summed E-state index contributed by atoms with van der Waals surface area (Å²) >= 11 is 2.25. The van der Waals surface area contributed by atoms with Crippen LogP contribution in [0, 0.1) is 5.41 Å². The smallest absolute Gasteiger partial charge is 1.00 e. The first kappa shape index (κ1) is 54.8. The minimum atomic E-state index is 0. The number of halogens is 3. The van der Waals surface area contributed by atoms with Gasteiger partial charge in [0.15, 0.2) is 0 Å². The van der Waals surface area contributed by atoms with Crippen LogP contribution in [-0.2, 0) is 20.4 Å². The van der Waals surface area contributed by atoms with Gasteiger partial charge in [0.2, 0.25) is 0 Å². The molecule has 0 N–H and O–H groups in total. The van der Waals surface area contributed by atoms with Crippen LogP contribution in [0.4, 0.5) is 0 Å². The summed E-state index contributed by atoms with van der Waals surface area (Å²) in [6, 6.07) is 61.7. The van der Waals surface area contributed by atoms with Gasteiger partial charge in [-0.3, -0.25) is 0 Å². The van der Waals surface area contributed by atoms with Crippen LogP contribution in [0.1, 0.15) is 68.0 Å². The van der Waals surface area contributed by atoms with E-state index in [9.17, 15) is 0 Å². The number of rotatable bonds is 9. The average molecular weight is 908 g/mol. The molecule has 0 aliphatic heterocycles. The largest absolute Gasteiger partial charge is 1.00 e. The molecule has 0 fully saturated rings. The first-order chi connectivity index (χ1) is 28.7. The number of benzene rings is 6. The van der Waals surface area contributed by atoms with Crippen molar-refractivity contribution in [1.82, 2.24) is 0 Å². The van der Waals surface area contributed by atoms with Crippen molar-refractivity contribution in [1.29, 1.82) is 0 Å². The molecule has 0 saturated heterocycles. The van der Waals surface area contributed by atoms with E-state index in [1.165, 1.54) is 54.0 Å². The molecule has 0 aromatic heterocycles. The van der Waals surface area contributed by atoms with Crippen molar-refractivity contribution >= 4 is 36.5 Å². The topological polar surface area (TPSA) is 0 Å². The van der Waals surface area contributed by atoms with Crippen LogP contribution in [0.2, 0.25) is 0 Å². The van der Waals surface area contributed by atoms with E-state index in [0.29, 0.717) is 5.41 Å². The maximum absolute atomic E-state index is 2.30. The van der Waals surface area contributed by atoms with Crippen LogP contribution in [0.5, 0.6) is 0 Å². The molecule has 7 rings (SSSR count). The zero-order valence-electron chi connectivity index (χ0n) is 36.4. The van der Waals surface area contributed by atoms with E-state index in [-0.39, 0.29) is 37.2 Å². The summed E-state index contributed by atoms with van der Waals surface area (Å²) in [5, 5.41) is 0. The molecule has 62 heavy (non-hydrogen) atoms. The Kier molecular flexibility index (Phi) is 28.0. The molecular weight excluding hydrogens is 851 g/mol. The Labute approximate surface area is 403 Å². The van der Waals surface area contributed by atoms with Gasteiger partial charge in [-0.15, -0.1) is 0 Å². The fraction of sp³-hybridized carbons (Fsp3) is 0.103. The predicted molar refractivity (Wildman–Crippen MR) is 258 cm³/mol. The molecule has 6 aromatic carbocycles. The van der Waals surface area contributed by atoms with Gasteiger partial charge in [0, 0.05) is 0 Å². The SMILES string of the molecule is C(C=Cc1ccccc1)=Cc1ccccc1.C(C=Cc1ccccc1)=Cc1ccccc1.C(C=Cc1ccccc1)=Cc1ccccc1.CC1=C(C)C(C)(C)[C]([Ti+3])=C1C.[Cl-].[Cl-].[Cl-]. The van der Waals surface area contributed by atoms with Crippen molar-refractivity contribution in [2.24, 2.45) is 5.41 Å². The second-order valence-electron chi connectivity index (χ2n) is 14.5. The van der Waals surface area contributed by atoms with Crippen molar-refractivity contribution in [3.05, 3.63) is 272 Å². The molecule has 0 radical (unpaired) electrons. The van der Waals surface area contributed by atoms with E-state index in [2.05, 4.69) is 201 Å². The third-order valence-corrected chi connectivity index (χ3v) is 11.5. The van der Waals surface area contributed by atoms with Gasteiger partial charge >= 0.3 is 81.1 Å². The zero-order valence-corrected chi connectivity index (χ0v) is 40.2. The molecule has 4 heteroatoms. The molecule has 1 aliphatic carbocycles. The van der Waals surface area contributed by atoms with Gasteiger partial charge in [0.05, 0.1) is 0 Å². The van der Waals surface area contributed by atoms with E-state index in [4.69, 9.17) is 0 Å². The second kappa shape index (κ2) is 31.6. The van der Waals surface area contributed by atoms with Gasteiger partial charge in [-0.25, -0.2) is 0 Å². The normalized spacial score (nSPS) is 12.9. The molecule has 0 saturated carbocycles. The minimum absolute atomic E-state index is 0. The van der Waals surface area contributed by atoms with E-state index < -0.39 is 0 Å². The quantitative estimate of drug-likeness (QED) is 0.105. The summed E-state index contributed by atoms with van der Waals surface area (Å²) in [4.78, 5) is 0. The molecule has 0 atom stereocenters. The van der Waals surface area contributed by atoms with Crippen LogP contribution in [0.15, 0.2) is 239 Å². The third-order valence-electron chi connectivity index (χ3n) is 9.93. The van der Waals surface area contributed by atoms with Crippen LogP contribution < -0.4 is 37.2 Å². The van der Waals surface area contributed by atoms with Crippen molar-refractivity contribution in [2.75, 3.05) is 0 Å². The third kappa shape index (κ3) is 20.6.